The van der Waals surface area contributed by atoms with Crippen LogP contribution in [0.5, 0.6) is 0 Å². The Balaban J connectivity index is -0.0000000200. The fourth-order valence-electron chi connectivity index (χ4n) is 0. The van der Waals surface area contributed by atoms with E-state index in [-0.39, 0.29) is 42.4 Å². The molecule has 0 aliphatic rings. The van der Waals surface area contributed by atoms with Crippen molar-refractivity contribution in [1.29, 1.82) is 0 Å². The molecule has 2 nitrogen and oxygen atoms in total. The third-order valence-corrected chi connectivity index (χ3v) is 0. The molecule has 0 aromatic rings. The molecule has 5 heteroatoms. The molecule has 0 saturated heterocycles. The molecule has 0 fully saturated rings. The summed E-state index contributed by atoms with van der Waals surface area (Å²) in [6.07, 6.45) is 0. The van der Waals surface area contributed by atoms with Crippen LogP contribution in [0.3, 0.4) is 0 Å². The van der Waals surface area contributed by atoms with Crippen molar-refractivity contribution < 1.29 is 30.4 Å². The molecule has 0 aromatic carbocycles. The van der Waals surface area contributed by atoms with Crippen LogP contribution in [-0.4, -0.2) is 37.7 Å². The quantitative estimate of drug-likeness (QED) is 0.406. The molecular formula is H3CaFO2Ti. The van der Waals surface area contributed by atoms with Crippen LogP contribution < -0.4 is 0 Å². The van der Waals surface area contributed by atoms with Gasteiger partial charge in [-0.2, -0.15) is 0 Å². The van der Waals surface area contributed by atoms with Gasteiger partial charge in [0.25, 0.3) is 0 Å². The van der Waals surface area contributed by atoms with Gasteiger partial charge in [0.15, 0.2) is 0 Å². The third kappa shape index (κ3) is 29.9. The zero-order chi connectivity index (χ0) is 2.71. The van der Waals surface area contributed by atoms with Crippen molar-refractivity contribution in [2.24, 2.45) is 0 Å². The minimum atomic E-state index is -2.00. The second-order valence-corrected chi connectivity index (χ2v) is 0.344. The van der Waals surface area contributed by atoms with E-state index >= 15 is 0 Å². The van der Waals surface area contributed by atoms with Crippen molar-refractivity contribution >= 4 is 37.7 Å². The molecular weight excluding hydrogens is 139 g/mol. The van der Waals surface area contributed by atoms with Crippen LogP contribution >= 0.6 is 0 Å². The van der Waals surface area contributed by atoms with Gasteiger partial charge in [-0.05, 0) is 0 Å². The van der Waals surface area contributed by atoms with Gasteiger partial charge in [0, 0.05) is 0 Å². The van der Waals surface area contributed by atoms with E-state index < -0.39 is 19.1 Å². The van der Waals surface area contributed by atoms with Crippen LogP contribution in [0.15, 0.2) is 0 Å². The number of hydrogen-bond acceptors (Lipinski definition) is 2. The first kappa shape index (κ1) is 16.0. The Labute approximate surface area is 67.3 Å². The summed E-state index contributed by atoms with van der Waals surface area (Å²) in [5, 5.41) is 0. The summed E-state index contributed by atoms with van der Waals surface area (Å²) in [7, 11) is 0. The molecule has 0 atom stereocenters. The first-order valence-electron chi connectivity index (χ1n) is 0.408. The molecule has 0 rings (SSSR count). The van der Waals surface area contributed by atoms with Crippen LogP contribution in [-0.2, 0) is 25.7 Å². The normalized spacial score (nSPS) is 1.60. The Morgan fingerprint density at radius 2 is 1.20 bits per heavy atom. The maximum absolute atomic E-state index is 8.50. The minimum absolute atomic E-state index is 0. The van der Waals surface area contributed by atoms with E-state index in [4.69, 9.17) is 6.65 Å². The summed E-state index contributed by atoms with van der Waals surface area (Å²) in [6.45, 7) is 0. The molecule has 0 spiro atoms. The van der Waals surface area contributed by atoms with Gasteiger partial charge in [-0.25, -0.2) is 0 Å². The van der Waals surface area contributed by atoms with E-state index in [1.165, 1.54) is 0 Å². The van der Waals surface area contributed by atoms with Crippen LogP contribution in [0.4, 0.5) is 4.70 Å². The Morgan fingerprint density at radius 1 is 1.20 bits per heavy atom. The van der Waals surface area contributed by atoms with E-state index in [1.54, 1.807) is 0 Å². The van der Waals surface area contributed by atoms with Crippen molar-refractivity contribution in [3.63, 3.8) is 0 Å². The molecule has 0 aliphatic heterocycles. The molecule has 0 aliphatic carbocycles. The van der Waals surface area contributed by atoms with Crippen molar-refractivity contribution in [3.8, 4) is 0 Å². The number of rotatable bonds is 0. The van der Waals surface area contributed by atoms with Gasteiger partial charge in [0.1, 0.15) is 0 Å². The first-order chi connectivity index (χ1) is 1.41. The van der Waals surface area contributed by atoms with Crippen LogP contribution in [0.2, 0.25) is 0 Å². The summed E-state index contributed by atoms with van der Waals surface area (Å²) < 4.78 is 17.0. The van der Waals surface area contributed by atoms with E-state index in [0.29, 0.717) is 0 Å². The Kier molecular flexibility index (Phi) is 57.2. The SMILES string of the molecule is F.[CaH2].[O]=[Ti]=[O]. The Bertz CT molecular complexity index is 30.6. The second kappa shape index (κ2) is 17.8. The van der Waals surface area contributed by atoms with E-state index in [9.17, 15) is 0 Å². The topological polar surface area (TPSA) is 34.1 Å². The molecule has 0 bridgehead atoms. The fourth-order valence-corrected chi connectivity index (χ4v) is 0. The third-order valence-electron chi connectivity index (χ3n) is 0. The van der Waals surface area contributed by atoms with Crippen LogP contribution in [0.25, 0.3) is 0 Å². The summed E-state index contributed by atoms with van der Waals surface area (Å²) >= 11 is -2.00. The predicted molar refractivity (Wildman–Crippen MR) is 12.4 cm³/mol. The zero-order valence-corrected chi connectivity index (χ0v) is 3.29. The Hall–Kier alpha value is 1.50. The fraction of sp³-hybridized carbons (Fsp3) is 0. The second-order valence-electron chi connectivity index (χ2n) is 0.0833. The number of hydrogen-bond donors (Lipinski definition) is 0. The average molecular weight is 142 g/mol. The standard InChI is InChI=1S/Ca.FH.2O.Ti.2H/h;1H;;;;;. The van der Waals surface area contributed by atoms with Gasteiger partial charge in [-0.15, -0.1) is 0 Å². The molecule has 0 N–H and O–H groups in total. The molecule has 0 saturated carbocycles. The van der Waals surface area contributed by atoms with Crippen LogP contribution in [0, 0.1) is 0 Å². The summed E-state index contributed by atoms with van der Waals surface area (Å²) in [6, 6.07) is 0. The van der Waals surface area contributed by atoms with Gasteiger partial charge in [-0.3, -0.25) is 4.70 Å². The van der Waals surface area contributed by atoms with Gasteiger partial charge in [-0.1, -0.05) is 0 Å². The molecule has 0 unspecified atom stereocenters. The average Bonchev–Trinajstić information content (AvgIpc) is 0.918. The molecule has 28 valence electrons. The van der Waals surface area contributed by atoms with Crippen molar-refractivity contribution in [3.05, 3.63) is 0 Å². The first-order valence-corrected chi connectivity index (χ1v) is 1.68. The maximum atomic E-state index is 8.50. The predicted octanol–water partition coefficient (Wildman–Crippen LogP) is -1.00. The van der Waals surface area contributed by atoms with Gasteiger partial charge >= 0.3 is 63.5 Å². The van der Waals surface area contributed by atoms with Gasteiger partial charge in [0.05, 0.1) is 0 Å². The molecule has 0 aromatic heterocycles. The van der Waals surface area contributed by atoms with E-state index in [1.807, 2.05) is 0 Å². The van der Waals surface area contributed by atoms with Gasteiger partial charge < -0.3 is 0 Å². The molecule has 0 amide bonds. The number of halogens is 1. The van der Waals surface area contributed by atoms with E-state index in [2.05, 4.69) is 0 Å². The molecule has 0 heterocycles. The van der Waals surface area contributed by atoms with Crippen molar-refractivity contribution in [1.82, 2.24) is 0 Å². The van der Waals surface area contributed by atoms with Gasteiger partial charge in [0.2, 0.25) is 0 Å². The van der Waals surface area contributed by atoms with E-state index in [0.717, 1.165) is 0 Å². The van der Waals surface area contributed by atoms with Crippen molar-refractivity contribution in [2.75, 3.05) is 0 Å². The molecule has 5 heavy (non-hydrogen) atoms. The summed E-state index contributed by atoms with van der Waals surface area (Å²) in [5.74, 6) is 0. The summed E-state index contributed by atoms with van der Waals surface area (Å²) in [4.78, 5) is 0. The Morgan fingerprint density at radius 3 is 1.20 bits per heavy atom. The zero-order valence-electron chi connectivity index (χ0n) is 1.72. The molecule has 0 radical (unpaired) electrons. The van der Waals surface area contributed by atoms with Crippen molar-refractivity contribution in [2.45, 2.75) is 0 Å². The van der Waals surface area contributed by atoms with Crippen LogP contribution in [0.1, 0.15) is 0 Å². The monoisotopic (exact) mass is 142 g/mol. The summed E-state index contributed by atoms with van der Waals surface area (Å²) in [5.41, 5.74) is 0.